The van der Waals surface area contributed by atoms with Crippen molar-refractivity contribution in [2.75, 3.05) is 23.7 Å². The first-order chi connectivity index (χ1) is 13.6. The van der Waals surface area contributed by atoms with Gasteiger partial charge in [-0.3, -0.25) is 4.79 Å². The van der Waals surface area contributed by atoms with E-state index in [4.69, 9.17) is 15.3 Å². The Morgan fingerprint density at radius 2 is 2.04 bits per heavy atom. The zero-order chi connectivity index (χ0) is 19.5. The van der Waals surface area contributed by atoms with Gasteiger partial charge in [0.2, 0.25) is 17.9 Å². The number of hydrogen-bond acceptors (Lipinski definition) is 7. The Hall–Kier alpha value is -2.72. The summed E-state index contributed by atoms with van der Waals surface area (Å²) in [5.41, 5.74) is 1.52. The maximum Gasteiger partial charge on any atom is 0.231 e. The summed E-state index contributed by atoms with van der Waals surface area (Å²) < 4.78 is 12.9. The fraction of sp³-hybridized carbons (Fsp3) is 0.167. The Kier molecular flexibility index (Phi) is 5.40. The normalized spacial score (nSPS) is 12.2. The Morgan fingerprint density at radius 3 is 2.89 bits per heavy atom. The van der Waals surface area contributed by atoms with Crippen molar-refractivity contribution in [3.8, 4) is 22.9 Å². The van der Waals surface area contributed by atoms with Gasteiger partial charge in [0.15, 0.2) is 17.3 Å². The highest BCUT2D eigenvalue weighted by Gasteiger charge is 2.16. The van der Waals surface area contributed by atoms with Crippen LogP contribution in [0.15, 0.2) is 52.1 Å². The number of nitrogen functional groups attached to an aromatic ring is 1. The molecule has 0 atom stereocenters. The molecule has 10 heteroatoms. The third kappa shape index (κ3) is 3.92. The van der Waals surface area contributed by atoms with Crippen molar-refractivity contribution in [1.82, 2.24) is 14.9 Å². The Bertz CT molecular complexity index is 1030. The van der Waals surface area contributed by atoms with Crippen LogP contribution in [0.2, 0.25) is 0 Å². The first-order valence-electron chi connectivity index (χ1n) is 8.39. The van der Waals surface area contributed by atoms with E-state index in [2.05, 4.69) is 31.4 Å². The van der Waals surface area contributed by atoms with Crippen molar-refractivity contribution in [2.45, 2.75) is 11.6 Å². The molecule has 2 aromatic carbocycles. The SMILES string of the molecule is Nn1c(SCCC(=O)Nc2ccc3c(c2)OCO3)nnc1-c1ccccc1Br. The highest BCUT2D eigenvalue weighted by atomic mass is 79.9. The predicted molar refractivity (Wildman–Crippen MR) is 110 cm³/mol. The number of amides is 1. The minimum absolute atomic E-state index is 0.111. The molecule has 0 fully saturated rings. The number of rotatable bonds is 6. The van der Waals surface area contributed by atoms with Gasteiger partial charge in [-0.1, -0.05) is 39.8 Å². The number of carbonyl (C=O) groups is 1. The molecule has 8 nitrogen and oxygen atoms in total. The predicted octanol–water partition coefficient (Wildman–Crippen LogP) is 3.27. The lowest BCUT2D eigenvalue weighted by Crippen LogP contribution is -2.14. The third-order valence-electron chi connectivity index (χ3n) is 4.00. The Labute approximate surface area is 173 Å². The van der Waals surface area contributed by atoms with Gasteiger partial charge in [0.1, 0.15) is 0 Å². The lowest BCUT2D eigenvalue weighted by Gasteiger charge is -2.07. The van der Waals surface area contributed by atoms with Gasteiger partial charge in [0, 0.05) is 34.0 Å². The van der Waals surface area contributed by atoms with E-state index in [9.17, 15) is 4.79 Å². The summed E-state index contributed by atoms with van der Waals surface area (Å²) in [6, 6.07) is 12.9. The standard InChI is InChI=1S/C18H16BrN5O3S/c19-13-4-2-1-3-12(13)17-22-23-18(24(17)20)28-8-7-16(25)21-11-5-6-14-15(9-11)27-10-26-14/h1-6,9H,7-8,10,20H2,(H,21,25). The van der Waals surface area contributed by atoms with Gasteiger partial charge in [-0.25, -0.2) is 4.68 Å². The van der Waals surface area contributed by atoms with Crippen LogP contribution < -0.4 is 20.6 Å². The molecular weight excluding hydrogens is 446 g/mol. The van der Waals surface area contributed by atoms with Crippen LogP contribution in [-0.4, -0.2) is 33.3 Å². The molecule has 0 saturated heterocycles. The van der Waals surface area contributed by atoms with Crippen LogP contribution >= 0.6 is 27.7 Å². The van der Waals surface area contributed by atoms with Crippen molar-refractivity contribution in [3.05, 3.63) is 46.9 Å². The molecule has 4 rings (SSSR count). The van der Waals surface area contributed by atoms with Crippen LogP contribution in [0, 0.1) is 0 Å². The van der Waals surface area contributed by atoms with E-state index in [0.717, 1.165) is 10.0 Å². The quantitative estimate of drug-likeness (QED) is 0.428. The summed E-state index contributed by atoms with van der Waals surface area (Å²) in [4.78, 5) is 12.2. The molecule has 1 aliphatic heterocycles. The Balaban J connectivity index is 1.33. The monoisotopic (exact) mass is 461 g/mol. The van der Waals surface area contributed by atoms with Crippen molar-refractivity contribution in [1.29, 1.82) is 0 Å². The number of nitrogens with two attached hydrogens (primary N) is 1. The fourth-order valence-electron chi connectivity index (χ4n) is 2.63. The molecule has 0 unspecified atom stereocenters. The lowest BCUT2D eigenvalue weighted by atomic mass is 10.2. The van der Waals surface area contributed by atoms with E-state index in [1.54, 1.807) is 18.2 Å². The van der Waals surface area contributed by atoms with Crippen molar-refractivity contribution in [2.24, 2.45) is 0 Å². The van der Waals surface area contributed by atoms with Gasteiger partial charge >= 0.3 is 0 Å². The molecule has 28 heavy (non-hydrogen) atoms. The van der Waals surface area contributed by atoms with Crippen LogP contribution in [0.5, 0.6) is 11.5 Å². The number of hydrogen-bond donors (Lipinski definition) is 2. The third-order valence-corrected chi connectivity index (χ3v) is 5.63. The molecule has 3 N–H and O–H groups in total. The number of anilines is 1. The summed E-state index contributed by atoms with van der Waals surface area (Å²) >= 11 is 4.86. The summed E-state index contributed by atoms with van der Waals surface area (Å²) in [5.74, 6) is 8.39. The zero-order valence-corrected chi connectivity index (χ0v) is 17.0. The molecule has 0 bridgehead atoms. The smallest absolute Gasteiger partial charge is 0.231 e. The molecule has 1 amide bonds. The number of aromatic nitrogens is 3. The molecule has 3 aromatic rings. The summed E-state index contributed by atoms with van der Waals surface area (Å²) in [6.45, 7) is 0.199. The van der Waals surface area contributed by atoms with Crippen molar-refractivity contribution >= 4 is 39.3 Å². The van der Waals surface area contributed by atoms with Crippen LogP contribution in [0.1, 0.15) is 6.42 Å². The van der Waals surface area contributed by atoms with Gasteiger partial charge in [-0.05, 0) is 24.3 Å². The van der Waals surface area contributed by atoms with Gasteiger partial charge in [-0.15, -0.1) is 10.2 Å². The fourth-order valence-corrected chi connectivity index (χ4v) is 3.89. The van der Waals surface area contributed by atoms with Gasteiger partial charge in [0.05, 0.1) is 0 Å². The Morgan fingerprint density at radius 1 is 1.21 bits per heavy atom. The molecule has 0 aliphatic carbocycles. The van der Waals surface area contributed by atoms with E-state index in [-0.39, 0.29) is 12.7 Å². The summed E-state index contributed by atoms with van der Waals surface area (Å²) in [5, 5.41) is 11.7. The second-order valence-corrected chi connectivity index (χ2v) is 7.79. The number of fused-ring (bicyclic) bond motifs is 1. The lowest BCUT2D eigenvalue weighted by molar-refractivity contribution is -0.115. The van der Waals surface area contributed by atoms with Gasteiger partial charge < -0.3 is 20.6 Å². The number of nitrogens with one attached hydrogen (secondary N) is 1. The number of benzene rings is 2. The average molecular weight is 462 g/mol. The number of ether oxygens (including phenoxy) is 2. The molecule has 0 saturated carbocycles. The molecule has 144 valence electrons. The molecular formula is C18H16BrN5O3S. The minimum Gasteiger partial charge on any atom is -0.454 e. The van der Waals surface area contributed by atoms with Crippen LogP contribution in [0.3, 0.4) is 0 Å². The second-order valence-electron chi connectivity index (χ2n) is 5.87. The molecule has 1 aliphatic rings. The summed E-state index contributed by atoms with van der Waals surface area (Å²) in [6.07, 6.45) is 0.302. The van der Waals surface area contributed by atoms with E-state index < -0.39 is 0 Å². The van der Waals surface area contributed by atoms with Crippen molar-refractivity contribution in [3.63, 3.8) is 0 Å². The maximum atomic E-state index is 12.2. The van der Waals surface area contributed by atoms with E-state index in [0.29, 0.717) is 40.3 Å². The first-order valence-corrected chi connectivity index (χ1v) is 10.2. The topological polar surface area (TPSA) is 104 Å². The molecule has 1 aromatic heterocycles. The number of thioether (sulfide) groups is 1. The van der Waals surface area contributed by atoms with Crippen LogP contribution in [0.4, 0.5) is 5.69 Å². The van der Waals surface area contributed by atoms with Gasteiger partial charge in [0.25, 0.3) is 0 Å². The maximum absolute atomic E-state index is 12.2. The number of carbonyl (C=O) groups excluding carboxylic acids is 1. The number of nitrogens with zero attached hydrogens (tertiary/aromatic N) is 3. The molecule has 0 radical (unpaired) electrons. The van der Waals surface area contributed by atoms with Gasteiger partial charge in [-0.2, -0.15) is 0 Å². The summed E-state index contributed by atoms with van der Waals surface area (Å²) in [7, 11) is 0. The second kappa shape index (κ2) is 8.11. The molecule has 0 spiro atoms. The molecule has 2 heterocycles. The number of halogens is 1. The average Bonchev–Trinajstić information content (AvgIpc) is 3.29. The highest BCUT2D eigenvalue weighted by Crippen LogP contribution is 2.34. The highest BCUT2D eigenvalue weighted by molar-refractivity contribution is 9.10. The van der Waals surface area contributed by atoms with Crippen LogP contribution in [0.25, 0.3) is 11.4 Å². The minimum atomic E-state index is -0.111. The van der Waals surface area contributed by atoms with E-state index >= 15 is 0 Å². The first kappa shape index (κ1) is 18.6. The largest absolute Gasteiger partial charge is 0.454 e. The van der Waals surface area contributed by atoms with Crippen molar-refractivity contribution < 1.29 is 14.3 Å². The zero-order valence-electron chi connectivity index (χ0n) is 14.6. The van der Waals surface area contributed by atoms with E-state index in [1.807, 2.05) is 24.3 Å². The van der Waals surface area contributed by atoms with E-state index in [1.165, 1.54) is 16.4 Å². The van der Waals surface area contributed by atoms with Crippen LogP contribution in [-0.2, 0) is 4.79 Å².